The van der Waals surface area contributed by atoms with Crippen LogP contribution in [0.15, 0.2) is 30.5 Å². The molecule has 1 saturated heterocycles. The zero-order valence-corrected chi connectivity index (χ0v) is 17.5. The molecule has 2 atom stereocenters. The number of anilines is 3. The normalized spacial score (nSPS) is 21.0. The third-order valence-corrected chi connectivity index (χ3v) is 5.92. The van der Waals surface area contributed by atoms with Gasteiger partial charge < -0.3 is 27.0 Å². The number of hydrogen-bond donors (Lipinski definition) is 4. The number of amides is 2. The monoisotopic (exact) mass is 423 g/mol. The third-order valence-electron chi connectivity index (χ3n) is 5.92. The van der Waals surface area contributed by atoms with Gasteiger partial charge in [0, 0.05) is 36.4 Å². The SMILES string of the molecule is NC(=O)c1ncc(NC2CCCCC2N)nc1Nc1cccc(C(=O)N2CCCC2)c1. The lowest BCUT2D eigenvalue weighted by Gasteiger charge is -2.29. The molecule has 1 saturated carbocycles. The molecule has 9 nitrogen and oxygen atoms in total. The molecule has 2 aromatic rings. The van der Waals surface area contributed by atoms with Gasteiger partial charge in [-0.3, -0.25) is 9.59 Å². The van der Waals surface area contributed by atoms with Crippen molar-refractivity contribution in [2.75, 3.05) is 23.7 Å². The van der Waals surface area contributed by atoms with E-state index in [2.05, 4.69) is 20.6 Å². The number of nitrogens with two attached hydrogens (primary N) is 2. The molecule has 1 aromatic carbocycles. The second kappa shape index (κ2) is 9.30. The lowest BCUT2D eigenvalue weighted by atomic mass is 9.91. The van der Waals surface area contributed by atoms with Crippen molar-refractivity contribution in [1.29, 1.82) is 0 Å². The molecule has 0 spiro atoms. The van der Waals surface area contributed by atoms with E-state index in [0.29, 0.717) is 17.1 Å². The van der Waals surface area contributed by atoms with Crippen LogP contribution in [-0.4, -0.2) is 51.9 Å². The molecule has 9 heteroatoms. The first kappa shape index (κ1) is 21.0. The molecule has 164 valence electrons. The Kier molecular flexibility index (Phi) is 6.31. The van der Waals surface area contributed by atoms with Gasteiger partial charge in [0.2, 0.25) is 0 Å². The quantitative estimate of drug-likeness (QED) is 0.559. The Balaban J connectivity index is 1.55. The molecule has 4 rings (SSSR count). The van der Waals surface area contributed by atoms with Crippen molar-refractivity contribution in [2.24, 2.45) is 11.5 Å². The summed E-state index contributed by atoms with van der Waals surface area (Å²) in [6.07, 6.45) is 7.74. The predicted molar refractivity (Wildman–Crippen MR) is 119 cm³/mol. The molecule has 1 aromatic heterocycles. The zero-order chi connectivity index (χ0) is 21.8. The molecule has 0 radical (unpaired) electrons. The topological polar surface area (TPSA) is 139 Å². The highest BCUT2D eigenvalue weighted by atomic mass is 16.2. The van der Waals surface area contributed by atoms with Crippen LogP contribution in [0.3, 0.4) is 0 Å². The summed E-state index contributed by atoms with van der Waals surface area (Å²) in [7, 11) is 0. The second-order valence-electron chi connectivity index (χ2n) is 8.22. The number of carbonyl (C=O) groups is 2. The van der Waals surface area contributed by atoms with E-state index in [9.17, 15) is 9.59 Å². The van der Waals surface area contributed by atoms with E-state index in [1.807, 2.05) is 11.0 Å². The van der Waals surface area contributed by atoms with Crippen LogP contribution in [0.25, 0.3) is 0 Å². The summed E-state index contributed by atoms with van der Waals surface area (Å²) in [5, 5.41) is 6.45. The van der Waals surface area contributed by atoms with Gasteiger partial charge in [0.15, 0.2) is 11.5 Å². The van der Waals surface area contributed by atoms with Crippen LogP contribution >= 0.6 is 0 Å². The summed E-state index contributed by atoms with van der Waals surface area (Å²) in [5.41, 5.74) is 13.0. The van der Waals surface area contributed by atoms with Crippen LogP contribution in [0.2, 0.25) is 0 Å². The summed E-state index contributed by atoms with van der Waals surface area (Å²) in [5.74, 6) is 0.0936. The van der Waals surface area contributed by atoms with Crippen LogP contribution in [0.1, 0.15) is 59.4 Å². The Morgan fingerprint density at radius 3 is 2.61 bits per heavy atom. The lowest BCUT2D eigenvalue weighted by Crippen LogP contribution is -2.42. The molecule has 2 amide bonds. The maximum absolute atomic E-state index is 12.7. The first-order valence-corrected chi connectivity index (χ1v) is 10.9. The number of primary amides is 1. The van der Waals surface area contributed by atoms with Crippen LogP contribution in [0.4, 0.5) is 17.3 Å². The largest absolute Gasteiger partial charge is 0.364 e. The average molecular weight is 424 g/mol. The van der Waals surface area contributed by atoms with Gasteiger partial charge in [0.25, 0.3) is 11.8 Å². The Morgan fingerprint density at radius 1 is 1.10 bits per heavy atom. The maximum atomic E-state index is 12.7. The Bertz CT molecular complexity index is 959. The van der Waals surface area contributed by atoms with E-state index < -0.39 is 5.91 Å². The molecule has 1 aliphatic carbocycles. The number of carbonyl (C=O) groups excluding carboxylic acids is 2. The minimum Gasteiger partial charge on any atom is -0.364 e. The molecule has 31 heavy (non-hydrogen) atoms. The molecule has 0 bridgehead atoms. The van der Waals surface area contributed by atoms with E-state index in [0.717, 1.165) is 51.6 Å². The zero-order valence-electron chi connectivity index (χ0n) is 17.5. The van der Waals surface area contributed by atoms with E-state index in [1.165, 1.54) is 6.20 Å². The lowest BCUT2D eigenvalue weighted by molar-refractivity contribution is 0.0792. The van der Waals surface area contributed by atoms with E-state index in [4.69, 9.17) is 11.5 Å². The Morgan fingerprint density at radius 2 is 1.87 bits per heavy atom. The van der Waals surface area contributed by atoms with Gasteiger partial charge in [-0.2, -0.15) is 0 Å². The number of nitrogens with zero attached hydrogens (tertiary/aromatic N) is 3. The van der Waals surface area contributed by atoms with Crippen molar-refractivity contribution >= 4 is 29.1 Å². The van der Waals surface area contributed by atoms with Crippen LogP contribution in [0.5, 0.6) is 0 Å². The number of likely N-dealkylation sites (tertiary alicyclic amines) is 1. The fraction of sp³-hybridized carbons (Fsp3) is 0.455. The number of aromatic nitrogens is 2. The molecule has 2 fully saturated rings. The predicted octanol–water partition coefficient (Wildman–Crippen LogP) is 2.24. The van der Waals surface area contributed by atoms with E-state index in [-0.39, 0.29) is 29.5 Å². The smallest absolute Gasteiger partial charge is 0.271 e. The number of nitrogens with one attached hydrogen (secondary N) is 2. The molecule has 2 aliphatic rings. The first-order chi connectivity index (χ1) is 15.0. The highest BCUT2D eigenvalue weighted by molar-refractivity contribution is 5.97. The van der Waals surface area contributed by atoms with Gasteiger partial charge in [-0.1, -0.05) is 18.9 Å². The Labute approximate surface area is 181 Å². The fourth-order valence-electron chi connectivity index (χ4n) is 4.22. The highest BCUT2D eigenvalue weighted by Gasteiger charge is 2.23. The number of rotatable bonds is 6. The van der Waals surface area contributed by atoms with Gasteiger partial charge in [-0.25, -0.2) is 9.97 Å². The molecular weight excluding hydrogens is 394 g/mol. The minimum atomic E-state index is -0.680. The summed E-state index contributed by atoms with van der Waals surface area (Å²) in [6.45, 7) is 1.57. The summed E-state index contributed by atoms with van der Waals surface area (Å²) in [6, 6.07) is 7.31. The minimum absolute atomic E-state index is 0.00376. The highest BCUT2D eigenvalue weighted by Crippen LogP contribution is 2.24. The van der Waals surface area contributed by atoms with Gasteiger partial charge in [-0.05, 0) is 43.9 Å². The van der Waals surface area contributed by atoms with Gasteiger partial charge in [-0.15, -0.1) is 0 Å². The van der Waals surface area contributed by atoms with Crippen molar-refractivity contribution in [3.63, 3.8) is 0 Å². The summed E-state index contributed by atoms with van der Waals surface area (Å²) < 4.78 is 0. The van der Waals surface area contributed by atoms with Crippen molar-refractivity contribution in [2.45, 2.75) is 50.6 Å². The first-order valence-electron chi connectivity index (χ1n) is 10.9. The van der Waals surface area contributed by atoms with Crippen LogP contribution < -0.4 is 22.1 Å². The van der Waals surface area contributed by atoms with Crippen LogP contribution in [-0.2, 0) is 0 Å². The summed E-state index contributed by atoms with van der Waals surface area (Å²) in [4.78, 5) is 35.2. The van der Waals surface area contributed by atoms with Crippen molar-refractivity contribution in [3.8, 4) is 0 Å². The average Bonchev–Trinajstić information content (AvgIpc) is 3.30. The number of hydrogen-bond acceptors (Lipinski definition) is 7. The summed E-state index contributed by atoms with van der Waals surface area (Å²) >= 11 is 0. The molecular formula is C22H29N7O2. The molecule has 6 N–H and O–H groups in total. The molecule has 2 unspecified atom stereocenters. The van der Waals surface area contributed by atoms with Gasteiger partial charge in [0.1, 0.15) is 5.82 Å². The third kappa shape index (κ3) is 4.93. The van der Waals surface area contributed by atoms with Gasteiger partial charge >= 0.3 is 0 Å². The second-order valence-corrected chi connectivity index (χ2v) is 8.22. The van der Waals surface area contributed by atoms with Crippen molar-refractivity contribution in [1.82, 2.24) is 14.9 Å². The van der Waals surface area contributed by atoms with Crippen molar-refractivity contribution in [3.05, 3.63) is 41.7 Å². The number of benzene rings is 1. The molecule has 2 heterocycles. The van der Waals surface area contributed by atoms with E-state index >= 15 is 0 Å². The maximum Gasteiger partial charge on any atom is 0.271 e. The molecule has 1 aliphatic heterocycles. The standard InChI is InChI=1S/C22H29N7O2/c23-16-8-1-2-9-17(16)27-18-13-25-19(20(24)30)21(28-18)26-15-7-5-6-14(12-15)22(31)29-10-3-4-11-29/h5-7,12-13,16-17H,1-4,8-11,23H2,(H2,24,30)(H2,26,27,28). The fourth-order valence-corrected chi connectivity index (χ4v) is 4.22. The van der Waals surface area contributed by atoms with Crippen molar-refractivity contribution < 1.29 is 9.59 Å². The van der Waals surface area contributed by atoms with E-state index in [1.54, 1.807) is 18.2 Å². The Hall–Kier alpha value is -3.20. The van der Waals surface area contributed by atoms with Crippen LogP contribution in [0, 0.1) is 0 Å². The van der Waals surface area contributed by atoms with Gasteiger partial charge in [0.05, 0.1) is 6.20 Å².